The van der Waals surface area contributed by atoms with Crippen molar-refractivity contribution in [2.75, 3.05) is 11.9 Å². The molecule has 2 heterocycles. The summed E-state index contributed by atoms with van der Waals surface area (Å²) in [5.41, 5.74) is 3.17. The van der Waals surface area contributed by atoms with Crippen molar-refractivity contribution in [3.05, 3.63) is 108 Å². The standard InChI is InChI=1S/C29H29N5O3S.ClH/c1-2-37-28-15-9-6-10-21(28)19-34(38(35,36)23-11-4-3-5-12-23)29-25(17-30)24-13-7-8-14-26(24)33-27(29)16-22-18-31-20-32-22;/h3-15,18,20,25,27,29,33H,2,16,19H2,1H3,(H,31,32);1H. The lowest BCUT2D eigenvalue weighted by molar-refractivity contribution is 0.252. The molecule has 0 fully saturated rings. The third kappa shape index (κ3) is 5.78. The molecule has 3 atom stereocenters. The summed E-state index contributed by atoms with van der Waals surface area (Å²) in [5, 5.41) is 14.0. The highest BCUT2D eigenvalue weighted by atomic mass is 35.5. The second-order valence-corrected chi connectivity index (χ2v) is 11.0. The maximum atomic E-state index is 14.4. The predicted molar refractivity (Wildman–Crippen MR) is 152 cm³/mol. The van der Waals surface area contributed by atoms with Gasteiger partial charge in [0, 0.05) is 42.1 Å². The average molecular weight is 564 g/mol. The maximum Gasteiger partial charge on any atom is 0.243 e. The summed E-state index contributed by atoms with van der Waals surface area (Å²) < 4.78 is 36.0. The predicted octanol–water partition coefficient (Wildman–Crippen LogP) is 5.13. The largest absolute Gasteiger partial charge is 0.494 e. The lowest BCUT2D eigenvalue weighted by atomic mass is 9.81. The van der Waals surface area contributed by atoms with Crippen molar-refractivity contribution < 1.29 is 13.2 Å². The van der Waals surface area contributed by atoms with Crippen LogP contribution in [0.4, 0.5) is 5.69 Å². The Balaban J connectivity index is 0.00000353. The van der Waals surface area contributed by atoms with E-state index in [0.29, 0.717) is 18.8 Å². The second kappa shape index (κ2) is 12.3. The number of rotatable bonds is 9. The molecular weight excluding hydrogens is 534 g/mol. The number of sulfonamides is 1. The normalized spacial score (nSPS) is 18.3. The molecule has 0 amide bonds. The van der Waals surface area contributed by atoms with E-state index in [1.54, 1.807) is 42.9 Å². The number of nitrogens with one attached hydrogen (secondary N) is 2. The van der Waals surface area contributed by atoms with Gasteiger partial charge in [0.1, 0.15) is 5.75 Å². The first kappa shape index (κ1) is 28.2. The molecule has 0 aliphatic carbocycles. The SMILES string of the molecule is CCOc1ccccc1CN(C1C(Cc2cnc[nH]2)Nc2ccccc2C1C#N)S(=O)(=O)c1ccccc1.Cl. The number of nitrogens with zero attached hydrogens (tertiary/aromatic N) is 3. The number of fused-ring (bicyclic) bond motifs is 1. The highest BCUT2D eigenvalue weighted by Gasteiger charge is 2.45. The van der Waals surface area contributed by atoms with Crippen LogP contribution in [0, 0.1) is 11.3 Å². The van der Waals surface area contributed by atoms with E-state index in [1.165, 1.54) is 4.31 Å². The molecule has 202 valence electrons. The molecule has 0 bridgehead atoms. The van der Waals surface area contributed by atoms with Crippen molar-refractivity contribution in [1.82, 2.24) is 14.3 Å². The molecule has 8 nitrogen and oxygen atoms in total. The highest BCUT2D eigenvalue weighted by molar-refractivity contribution is 7.89. The fraction of sp³-hybridized carbons (Fsp3) is 0.241. The average Bonchev–Trinajstić information content (AvgIpc) is 3.46. The molecule has 1 aliphatic heterocycles. The number of anilines is 1. The summed E-state index contributed by atoms with van der Waals surface area (Å²) in [6, 6.07) is 24.7. The molecule has 0 radical (unpaired) electrons. The molecule has 4 aromatic rings. The lowest BCUT2D eigenvalue weighted by Crippen LogP contribution is -2.55. The maximum absolute atomic E-state index is 14.4. The van der Waals surface area contributed by atoms with Crippen molar-refractivity contribution >= 4 is 28.1 Å². The van der Waals surface area contributed by atoms with Gasteiger partial charge in [-0.3, -0.25) is 0 Å². The van der Waals surface area contributed by atoms with Crippen molar-refractivity contribution in [2.45, 2.75) is 42.8 Å². The molecule has 0 saturated carbocycles. The van der Waals surface area contributed by atoms with Crippen molar-refractivity contribution in [2.24, 2.45) is 0 Å². The van der Waals surface area contributed by atoms with E-state index in [9.17, 15) is 13.7 Å². The Morgan fingerprint density at radius 2 is 1.74 bits per heavy atom. The van der Waals surface area contributed by atoms with Gasteiger partial charge in [-0.1, -0.05) is 54.6 Å². The number of benzene rings is 3. The molecule has 0 spiro atoms. The Kier molecular flexibility index (Phi) is 8.92. The number of nitriles is 1. The van der Waals surface area contributed by atoms with Gasteiger partial charge < -0.3 is 15.0 Å². The van der Waals surface area contributed by atoms with Gasteiger partial charge >= 0.3 is 0 Å². The minimum atomic E-state index is -4.03. The van der Waals surface area contributed by atoms with Crippen LogP contribution in [0.3, 0.4) is 0 Å². The highest BCUT2D eigenvalue weighted by Crippen LogP contribution is 2.40. The number of para-hydroxylation sites is 2. The summed E-state index contributed by atoms with van der Waals surface area (Å²) in [6.45, 7) is 2.38. The number of halogens is 1. The van der Waals surface area contributed by atoms with Gasteiger partial charge in [-0.2, -0.15) is 9.57 Å². The molecular formula is C29H30ClN5O3S. The van der Waals surface area contributed by atoms with Gasteiger partial charge in [-0.05, 0) is 36.8 Å². The van der Waals surface area contributed by atoms with Crippen LogP contribution in [-0.2, 0) is 23.0 Å². The van der Waals surface area contributed by atoms with Crippen LogP contribution in [0.5, 0.6) is 5.75 Å². The zero-order valence-electron chi connectivity index (χ0n) is 21.4. The first-order valence-electron chi connectivity index (χ1n) is 12.5. The van der Waals surface area contributed by atoms with Crippen LogP contribution >= 0.6 is 12.4 Å². The first-order chi connectivity index (χ1) is 18.5. The van der Waals surface area contributed by atoms with E-state index in [1.807, 2.05) is 55.5 Å². The number of aromatic nitrogens is 2. The van der Waals surface area contributed by atoms with Crippen LogP contribution < -0.4 is 10.1 Å². The van der Waals surface area contributed by atoms with Crippen LogP contribution in [0.1, 0.15) is 29.7 Å². The summed E-state index contributed by atoms with van der Waals surface area (Å²) in [7, 11) is -4.03. The number of aromatic amines is 1. The Morgan fingerprint density at radius 3 is 2.46 bits per heavy atom. The van der Waals surface area contributed by atoms with Crippen molar-refractivity contribution in [3.63, 3.8) is 0 Å². The topological polar surface area (TPSA) is 111 Å². The molecule has 1 aliphatic rings. The summed E-state index contributed by atoms with van der Waals surface area (Å²) in [5.74, 6) is -0.0934. The third-order valence-electron chi connectivity index (χ3n) is 6.81. The van der Waals surface area contributed by atoms with Crippen LogP contribution in [0.2, 0.25) is 0 Å². The molecule has 0 saturated heterocycles. The van der Waals surface area contributed by atoms with E-state index in [0.717, 1.165) is 22.5 Å². The zero-order valence-corrected chi connectivity index (χ0v) is 23.0. The fourth-order valence-electron chi connectivity index (χ4n) is 5.10. The van der Waals surface area contributed by atoms with Crippen LogP contribution in [0.25, 0.3) is 0 Å². The molecule has 3 unspecified atom stereocenters. The minimum Gasteiger partial charge on any atom is -0.494 e. The summed E-state index contributed by atoms with van der Waals surface area (Å²) >= 11 is 0. The number of imidazole rings is 1. The van der Waals surface area contributed by atoms with E-state index >= 15 is 0 Å². The fourth-order valence-corrected chi connectivity index (χ4v) is 6.77. The quantitative estimate of drug-likeness (QED) is 0.292. The molecule has 39 heavy (non-hydrogen) atoms. The van der Waals surface area contributed by atoms with Gasteiger partial charge in [-0.15, -0.1) is 12.4 Å². The third-order valence-corrected chi connectivity index (χ3v) is 8.66. The van der Waals surface area contributed by atoms with Crippen molar-refractivity contribution in [3.8, 4) is 11.8 Å². The smallest absolute Gasteiger partial charge is 0.243 e. The van der Waals surface area contributed by atoms with E-state index in [4.69, 9.17) is 4.74 Å². The van der Waals surface area contributed by atoms with Gasteiger partial charge in [0.05, 0.1) is 35.9 Å². The van der Waals surface area contributed by atoms with E-state index in [-0.39, 0.29) is 23.8 Å². The van der Waals surface area contributed by atoms with Crippen LogP contribution in [-0.4, -0.2) is 41.4 Å². The van der Waals surface area contributed by atoms with Gasteiger partial charge in [0.25, 0.3) is 0 Å². The van der Waals surface area contributed by atoms with Gasteiger partial charge in [0.2, 0.25) is 10.0 Å². The number of hydrogen-bond acceptors (Lipinski definition) is 6. The molecule has 2 N–H and O–H groups in total. The van der Waals surface area contributed by atoms with Gasteiger partial charge in [-0.25, -0.2) is 13.4 Å². The van der Waals surface area contributed by atoms with Gasteiger partial charge in [0.15, 0.2) is 0 Å². The summed E-state index contributed by atoms with van der Waals surface area (Å²) in [6.07, 6.45) is 3.77. The molecule has 5 rings (SSSR count). The van der Waals surface area contributed by atoms with Crippen LogP contribution in [0.15, 0.2) is 96.3 Å². The summed E-state index contributed by atoms with van der Waals surface area (Å²) in [4.78, 5) is 7.44. The zero-order chi connectivity index (χ0) is 26.5. The molecule has 1 aromatic heterocycles. The Bertz CT molecular complexity index is 1520. The first-order valence-corrected chi connectivity index (χ1v) is 14.0. The monoisotopic (exact) mass is 563 g/mol. The Morgan fingerprint density at radius 1 is 1.03 bits per heavy atom. The minimum absolute atomic E-state index is 0. The Labute approximate surface area is 235 Å². The number of H-pyrrole nitrogens is 1. The molecule has 10 heteroatoms. The number of ether oxygens (including phenoxy) is 1. The second-order valence-electron chi connectivity index (χ2n) is 9.12. The Hall–Kier alpha value is -3.84. The lowest BCUT2D eigenvalue weighted by Gasteiger charge is -2.43. The van der Waals surface area contributed by atoms with E-state index in [2.05, 4.69) is 21.4 Å². The van der Waals surface area contributed by atoms with E-state index < -0.39 is 28.0 Å². The van der Waals surface area contributed by atoms with Crippen molar-refractivity contribution in [1.29, 1.82) is 5.26 Å². The number of hydrogen-bond donors (Lipinski definition) is 2. The molecule has 3 aromatic carbocycles.